The van der Waals surface area contributed by atoms with Crippen LogP contribution in [0.3, 0.4) is 0 Å². The van der Waals surface area contributed by atoms with Gasteiger partial charge in [0.2, 0.25) is 0 Å². The number of nitrogens with zero attached hydrogens (tertiary/aromatic N) is 1. The average Bonchev–Trinajstić information content (AvgIpc) is 2.48. The lowest BCUT2D eigenvalue weighted by Crippen LogP contribution is -2.03. The molecule has 106 valence electrons. The predicted octanol–water partition coefficient (Wildman–Crippen LogP) is 3.24. The van der Waals surface area contributed by atoms with Crippen LogP contribution in [0.15, 0.2) is 36.5 Å². The molecule has 0 aliphatic rings. The summed E-state index contributed by atoms with van der Waals surface area (Å²) >= 11 is 6.10. The molecule has 0 atom stereocenters. The highest BCUT2D eigenvalue weighted by Gasteiger charge is 2.03. The number of nitrogens with one attached hydrogen (secondary N) is 1. The van der Waals surface area contributed by atoms with Crippen molar-refractivity contribution >= 4 is 17.3 Å². The quantitative estimate of drug-likeness (QED) is 0.858. The SMILES string of the molecule is CCOc1ccc(CNc2cc(CO)ccc2Cl)nc1. The summed E-state index contributed by atoms with van der Waals surface area (Å²) in [6.07, 6.45) is 1.70. The number of hydrogen-bond acceptors (Lipinski definition) is 4. The van der Waals surface area contributed by atoms with Crippen molar-refractivity contribution < 1.29 is 9.84 Å². The Bertz CT molecular complexity index is 558. The second-order valence-corrected chi connectivity index (χ2v) is 4.65. The van der Waals surface area contributed by atoms with E-state index in [0.717, 1.165) is 22.7 Å². The Kier molecular flexibility index (Phi) is 5.21. The summed E-state index contributed by atoms with van der Waals surface area (Å²) in [6, 6.07) is 9.18. The number of anilines is 1. The lowest BCUT2D eigenvalue weighted by molar-refractivity contribution is 0.282. The van der Waals surface area contributed by atoms with E-state index in [9.17, 15) is 0 Å². The molecule has 5 heteroatoms. The van der Waals surface area contributed by atoms with Gasteiger partial charge < -0.3 is 15.2 Å². The first kappa shape index (κ1) is 14.6. The van der Waals surface area contributed by atoms with Gasteiger partial charge in [0, 0.05) is 0 Å². The zero-order valence-electron chi connectivity index (χ0n) is 11.3. The van der Waals surface area contributed by atoms with Gasteiger partial charge in [-0.05, 0) is 36.8 Å². The lowest BCUT2D eigenvalue weighted by Gasteiger charge is -2.10. The minimum Gasteiger partial charge on any atom is -0.492 e. The van der Waals surface area contributed by atoms with Crippen molar-refractivity contribution in [3.05, 3.63) is 52.8 Å². The second kappa shape index (κ2) is 7.12. The van der Waals surface area contributed by atoms with Crippen LogP contribution < -0.4 is 10.1 Å². The number of pyridine rings is 1. The van der Waals surface area contributed by atoms with Crippen molar-refractivity contribution in [2.45, 2.75) is 20.1 Å². The molecule has 0 fully saturated rings. The lowest BCUT2D eigenvalue weighted by atomic mass is 10.2. The van der Waals surface area contributed by atoms with E-state index >= 15 is 0 Å². The summed E-state index contributed by atoms with van der Waals surface area (Å²) in [7, 11) is 0. The van der Waals surface area contributed by atoms with Gasteiger partial charge in [0.15, 0.2) is 0 Å². The van der Waals surface area contributed by atoms with E-state index in [-0.39, 0.29) is 6.61 Å². The summed E-state index contributed by atoms with van der Waals surface area (Å²) in [6.45, 7) is 3.11. The maximum atomic E-state index is 9.12. The Morgan fingerprint density at radius 3 is 2.80 bits per heavy atom. The van der Waals surface area contributed by atoms with E-state index in [2.05, 4.69) is 10.3 Å². The van der Waals surface area contributed by atoms with Gasteiger partial charge in [-0.1, -0.05) is 17.7 Å². The molecule has 0 bridgehead atoms. The molecule has 0 radical (unpaired) electrons. The van der Waals surface area contributed by atoms with Crippen LogP contribution in [0.4, 0.5) is 5.69 Å². The topological polar surface area (TPSA) is 54.4 Å². The van der Waals surface area contributed by atoms with Gasteiger partial charge in [-0.2, -0.15) is 0 Å². The highest BCUT2D eigenvalue weighted by Crippen LogP contribution is 2.23. The Morgan fingerprint density at radius 2 is 2.15 bits per heavy atom. The van der Waals surface area contributed by atoms with Crippen molar-refractivity contribution in [3.8, 4) is 5.75 Å². The highest BCUT2D eigenvalue weighted by atomic mass is 35.5. The van der Waals surface area contributed by atoms with Crippen LogP contribution in [-0.4, -0.2) is 16.7 Å². The standard InChI is InChI=1S/C15H17ClN2O2/c1-2-20-13-5-4-12(17-9-13)8-18-15-7-11(10-19)3-6-14(15)16/h3-7,9,18-19H,2,8,10H2,1H3. The molecule has 1 aromatic carbocycles. The number of aromatic nitrogens is 1. The molecule has 4 nitrogen and oxygen atoms in total. The summed E-state index contributed by atoms with van der Waals surface area (Å²) in [5.41, 5.74) is 2.49. The van der Waals surface area contributed by atoms with Crippen LogP contribution in [0.2, 0.25) is 5.02 Å². The molecule has 20 heavy (non-hydrogen) atoms. The Balaban J connectivity index is 2.01. The zero-order valence-corrected chi connectivity index (χ0v) is 12.0. The van der Waals surface area contributed by atoms with Gasteiger partial charge in [-0.15, -0.1) is 0 Å². The van der Waals surface area contributed by atoms with E-state index in [1.807, 2.05) is 25.1 Å². The van der Waals surface area contributed by atoms with Crippen LogP contribution in [-0.2, 0) is 13.2 Å². The highest BCUT2D eigenvalue weighted by molar-refractivity contribution is 6.33. The minimum atomic E-state index is -0.00679. The third-order valence-electron chi connectivity index (χ3n) is 2.78. The number of hydrogen-bond donors (Lipinski definition) is 2. The molecule has 0 spiro atoms. The maximum absolute atomic E-state index is 9.12. The number of ether oxygens (including phenoxy) is 1. The molecule has 0 unspecified atom stereocenters. The molecule has 1 aromatic heterocycles. The average molecular weight is 293 g/mol. The molecule has 0 aliphatic heterocycles. The monoisotopic (exact) mass is 292 g/mol. The molecule has 0 saturated heterocycles. The molecular formula is C15H17ClN2O2. The molecule has 0 saturated carbocycles. The predicted molar refractivity (Wildman–Crippen MR) is 80.1 cm³/mol. The number of rotatable bonds is 6. The maximum Gasteiger partial charge on any atom is 0.137 e. The summed E-state index contributed by atoms with van der Waals surface area (Å²) in [5, 5.41) is 12.9. The fourth-order valence-electron chi connectivity index (χ4n) is 1.76. The van der Waals surface area contributed by atoms with E-state index in [1.54, 1.807) is 18.3 Å². The number of aliphatic hydroxyl groups excluding tert-OH is 1. The van der Waals surface area contributed by atoms with Gasteiger partial charge in [-0.25, -0.2) is 0 Å². The first-order chi connectivity index (χ1) is 9.72. The Hall–Kier alpha value is -1.78. The van der Waals surface area contributed by atoms with Gasteiger partial charge >= 0.3 is 0 Å². The molecule has 0 amide bonds. The normalized spacial score (nSPS) is 10.3. The first-order valence-corrected chi connectivity index (χ1v) is 6.81. The molecule has 2 rings (SSSR count). The molecule has 2 N–H and O–H groups in total. The van der Waals surface area contributed by atoms with E-state index < -0.39 is 0 Å². The Morgan fingerprint density at radius 1 is 1.30 bits per heavy atom. The van der Waals surface area contributed by atoms with Crippen molar-refractivity contribution in [1.29, 1.82) is 0 Å². The fraction of sp³-hybridized carbons (Fsp3) is 0.267. The molecular weight excluding hydrogens is 276 g/mol. The Labute approximate surface area is 123 Å². The molecule has 0 aliphatic carbocycles. The molecule has 2 aromatic rings. The first-order valence-electron chi connectivity index (χ1n) is 6.43. The van der Waals surface area contributed by atoms with Gasteiger partial charge in [0.1, 0.15) is 5.75 Å². The van der Waals surface area contributed by atoms with Gasteiger partial charge in [0.05, 0.1) is 42.4 Å². The number of aliphatic hydroxyl groups is 1. The summed E-state index contributed by atoms with van der Waals surface area (Å²) < 4.78 is 5.34. The number of benzene rings is 1. The molecule has 1 heterocycles. The van der Waals surface area contributed by atoms with Crippen molar-refractivity contribution in [1.82, 2.24) is 4.98 Å². The largest absolute Gasteiger partial charge is 0.492 e. The van der Waals surface area contributed by atoms with Gasteiger partial charge in [0.25, 0.3) is 0 Å². The smallest absolute Gasteiger partial charge is 0.137 e. The van der Waals surface area contributed by atoms with Crippen LogP contribution in [0, 0.1) is 0 Å². The minimum absolute atomic E-state index is 0.00679. The third kappa shape index (κ3) is 3.85. The van der Waals surface area contributed by atoms with Crippen LogP contribution in [0.25, 0.3) is 0 Å². The summed E-state index contributed by atoms with van der Waals surface area (Å²) in [5.74, 6) is 0.761. The van der Waals surface area contributed by atoms with Crippen LogP contribution >= 0.6 is 11.6 Å². The van der Waals surface area contributed by atoms with E-state index in [4.69, 9.17) is 21.4 Å². The van der Waals surface area contributed by atoms with E-state index in [0.29, 0.717) is 18.2 Å². The fourth-order valence-corrected chi connectivity index (χ4v) is 1.94. The second-order valence-electron chi connectivity index (χ2n) is 4.24. The van der Waals surface area contributed by atoms with E-state index in [1.165, 1.54) is 0 Å². The van der Waals surface area contributed by atoms with Crippen molar-refractivity contribution in [2.24, 2.45) is 0 Å². The third-order valence-corrected chi connectivity index (χ3v) is 3.11. The zero-order chi connectivity index (χ0) is 14.4. The number of halogens is 1. The van der Waals surface area contributed by atoms with Crippen molar-refractivity contribution in [2.75, 3.05) is 11.9 Å². The van der Waals surface area contributed by atoms with Crippen LogP contribution in [0.1, 0.15) is 18.2 Å². The van der Waals surface area contributed by atoms with Gasteiger partial charge in [-0.3, -0.25) is 4.98 Å². The van der Waals surface area contributed by atoms with Crippen molar-refractivity contribution in [3.63, 3.8) is 0 Å². The summed E-state index contributed by atoms with van der Waals surface area (Å²) in [4.78, 5) is 4.30. The van der Waals surface area contributed by atoms with Crippen LogP contribution in [0.5, 0.6) is 5.75 Å².